The van der Waals surface area contributed by atoms with Crippen molar-refractivity contribution in [2.24, 2.45) is 10.2 Å². The Bertz CT molecular complexity index is 1290. The Morgan fingerprint density at radius 2 is 1.14 bits per heavy atom. The Hall–Kier alpha value is -4.98. The number of benzene rings is 3. The summed E-state index contributed by atoms with van der Waals surface area (Å²) < 4.78 is 0.534. The Labute approximate surface area is 210 Å². The number of phenolic OH excluding ortho intramolecular Hbond substituents is 1. The van der Waals surface area contributed by atoms with Crippen LogP contribution in [-0.4, -0.2) is 39.2 Å². The van der Waals surface area contributed by atoms with Gasteiger partial charge in [-0.2, -0.15) is 10.2 Å². The van der Waals surface area contributed by atoms with Gasteiger partial charge in [-0.25, -0.2) is 10.9 Å². The van der Waals surface area contributed by atoms with Crippen molar-refractivity contribution in [3.63, 3.8) is 0 Å². The highest BCUT2D eigenvalue weighted by Crippen LogP contribution is 2.25. The number of hydrogen-bond acceptors (Lipinski definition) is 9. The smallest absolute Gasteiger partial charge is 0.271 e. The van der Waals surface area contributed by atoms with Gasteiger partial charge < -0.3 is 5.11 Å². The fourth-order valence-electron chi connectivity index (χ4n) is 2.76. The molecule has 0 saturated carbocycles. The topological polar surface area (TPSA) is 189 Å². The molecule has 3 rings (SSSR count). The van der Waals surface area contributed by atoms with E-state index in [9.17, 15) is 34.9 Å². The van der Waals surface area contributed by atoms with E-state index in [0.717, 1.165) is 0 Å². The number of hydrogen-bond donors (Lipinski definition) is 3. The lowest BCUT2D eigenvalue weighted by molar-refractivity contribution is -0.385. The van der Waals surface area contributed by atoms with Gasteiger partial charge in [-0.05, 0) is 36.4 Å². The van der Waals surface area contributed by atoms with Gasteiger partial charge in [-0.15, -0.1) is 0 Å². The first-order valence-electron chi connectivity index (χ1n) is 9.84. The molecule has 3 aromatic carbocycles. The minimum Gasteiger partial charge on any atom is -0.507 e. The van der Waals surface area contributed by atoms with Crippen LogP contribution in [0.15, 0.2) is 75.3 Å². The predicted octanol–water partition coefficient (Wildman–Crippen LogP) is 3.50. The zero-order valence-corrected chi connectivity index (χ0v) is 19.6. The Kier molecular flexibility index (Phi) is 8.14. The molecule has 3 N–H and O–H groups in total. The van der Waals surface area contributed by atoms with Gasteiger partial charge in [0.15, 0.2) is 0 Å². The summed E-state index contributed by atoms with van der Waals surface area (Å²) >= 11 is 3.28. The van der Waals surface area contributed by atoms with E-state index < -0.39 is 21.7 Å². The minimum atomic E-state index is -0.619. The van der Waals surface area contributed by atoms with E-state index >= 15 is 0 Å². The van der Waals surface area contributed by atoms with E-state index in [1.165, 1.54) is 73.1 Å². The fraction of sp³-hybridized carbons (Fsp3) is 0. The first-order valence-corrected chi connectivity index (χ1v) is 10.6. The Morgan fingerprint density at radius 3 is 1.47 bits per heavy atom. The van der Waals surface area contributed by atoms with Gasteiger partial charge in [0.05, 0.1) is 22.3 Å². The number of nitro benzene ring substituents is 2. The summed E-state index contributed by atoms with van der Waals surface area (Å²) in [7, 11) is 0. The number of non-ortho nitro benzene ring substituents is 2. The molecule has 13 nitrogen and oxygen atoms in total. The van der Waals surface area contributed by atoms with Crippen molar-refractivity contribution in [1.29, 1.82) is 0 Å². The van der Waals surface area contributed by atoms with Crippen LogP contribution >= 0.6 is 15.9 Å². The molecule has 0 aromatic heterocycles. The number of carbonyl (C=O) groups excluding carboxylic acids is 2. The largest absolute Gasteiger partial charge is 0.507 e. The number of phenols is 1. The molecule has 0 spiro atoms. The molecule has 0 heterocycles. The molecule has 0 atom stereocenters. The third-order valence-corrected chi connectivity index (χ3v) is 5.01. The van der Waals surface area contributed by atoms with Crippen molar-refractivity contribution >= 4 is 51.5 Å². The molecule has 0 aliphatic carbocycles. The zero-order chi connectivity index (χ0) is 26.2. The maximum Gasteiger partial charge on any atom is 0.271 e. The maximum atomic E-state index is 12.1. The Balaban J connectivity index is 1.66. The second-order valence-corrected chi connectivity index (χ2v) is 7.85. The molecule has 14 heteroatoms. The van der Waals surface area contributed by atoms with E-state index in [-0.39, 0.29) is 39.4 Å². The molecule has 0 fully saturated rings. The lowest BCUT2D eigenvalue weighted by Gasteiger charge is -2.05. The molecule has 0 radical (unpaired) electrons. The number of amides is 2. The summed E-state index contributed by atoms with van der Waals surface area (Å²) in [6, 6.07) is 12.9. The molecule has 3 aromatic rings. The van der Waals surface area contributed by atoms with Crippen LogP contribution in [0.5, 0.6) is 5.75 Å². The van der Waals surface area contributed by atoms with Crippen molar-refractivity contribution in [2.75, 3.05) is 0 Å². The molecule has 0 unspecified atom stereocenters. The zero-order valence-electron chi connectivity index (χ0n) is 18.0. The molecular weight excluding hydrogens is 540 g/mol. The molecule has 0 aliphatic rings. The van der Waals surface area contributed by atoms with Crippen molar-refractivity contribution in [2.45, 2.75) is 0 Å². The first-order chi connectivity index (χ1) is 17.2. The van der Waals surface area contributed by atoms with Crippen molar-refractivity contribution < 1.29 is 24.5 Å². The highest BCUT2D eigenvalue weighted by molar-refractivity contribution is 9.10. The summed E-state index contributed by atoms with van der Waals surface area (Å²) in [5.74, 6) is -1.49. The molecule has 0 bridgehead atoms. The minimum absolute atomic E-state index is 0.146. The molecule has 36 heavy (non-hydrogen) atoms. The number of nitro groups is 2. The van der Waals surface area contributed by atoms with Crippen molar-refractivity contribution in [1.82, 2.24) is 10.9 Å². The average molecular weight is 555 g/mol. The van der Waals surface area contributed by atoms with Gasteiger partial charge in [0.25, 0.3) is 23.2 Å². The normalized spacial score (nSPS) is 10.9. The SMILES string of the molecule is O=C(N/N=C/c1cc(Br)cc(/C=N/NC(=O)c2ccc([N+](=O)[O-])cc2)c1O)c1ccc([N+](=O)[O-])cc1. The number of halogens is 1. The van der Waals surface area contributed by atoms with Gasteiger partial charge >= 0.3 is 0 Å². The van der Waals surface area contributed by atoms with Crippen LogP contribution in [0.2, 0.25) is 0 Å². The standard InChI is InChI=1S/C22H15BrN6O7/c23-17-9-15(11-24-26-21(31)13-1-5-18(6-2-13)28(33)34)20(30)16(10-17)12-25-27-22(32)14-3-7-19(8-4-14)29(35)36/h1-12,30H,(H,26,31)(H,27,32)/b24-11+,25-12+. The van der Waals surface area contributed by atoms with E-state index in [4.69, 9.17) is 0 Å². The van der Waals surface area contributed by atoms with Crippen LogP contribution in [0.1, 0.15) is 31.8 Å². The van der Waals surface area contributed by atoms with E-state index in [0.29, 0.717) is 4.47 Å². The van der Waals surface area contributed by atoms with E-state index in [1.807, 2.05) is 0 Å². The third-order valence-electron chi connectivity index (χ3n) is 4.55. The number of carbonyl (C=O) groups is 2. The predicted molar refractivity (Wildman–Crippen MR) is 132 cm³/mol. The number of hydrazone groups is 2. The quantitative estimate of drug-likeness (QED) is 0.215. The summed E-state index contributed by atoms with van der Waals surface area (Å²) in [6.45, 7) is 0. The lowest BCUT2D eigenvalue weighted by Crippen LogP contribution is -2.17. The van der Waals surface area contributed by atoms with Crippen LogP contribution in [0, 0.1) is 20.2 Å². The van der Waals surface area contributed by atoms with Gasteiger partial charge in [0.1, 0.15) is 5.75 Å². The van der Waals surface area contributed by atoms with Gasteiger partial charge in [-0.1, -0.05) is 15.9 Å². The first kappa shape index (κ1) is 25.6. The second kappa shape index (κ2) is 11.4. The Morgan fingerprint density at radius 1 is 0.778 bits per heavy atom. The van der Waals surface area contributed by atoms with Gasteiger partial charge in [0, 0.05) is 51.0 Å². The average Bonchev–Trinajstić information content (AvgIpc) is 2.86. The van der Waals surface area contributed by atoms with Crippen molar-refractivity contribution in [3.8, 4) is 5.75 Å². The number of aromatic hydroxyl groups is 1. The van der Waals surface area contributed by atoms with E-state index in [2.05, 4.69) is 37.0 Å². The molecule has 0 saturated heterocycles. The van der Waals surface area contributed by atoms with Gasteiger partial charge in [0.2, 0.25) is 0 Å². The third kappa shape index (κ3) is 6.54. The molecule has 182 valence electrons. The number of nitrogens with zero attached hydrogens (tertiary/aromatic N) is 4. The number of nitrogens with one attached hydrogen (secondary N) is 2. The summed E-state index contributed by atoms with van der Waals surface area (Å²) in [4.78, 5) is 44.5. The van der Waals surface area contributed by atoms with Crippen LogP contribution in [-0.2, 0) is 0 Å². The summed E-state index contributed by atoms with van der Waals surface area (Å²) in [5.41, 5.74) is 4.88. The van der Waals surface area contributed by atoms with E-state index in [1.54, 1.807) is 0 Å². The van der Waals surface area contributed by atoms with Crippen LogP contribution in [0.4, 0.5) is 11.4 Å². The highest BCUT2D eigenvalue weighted by Gasteiger charge is 2.11. The van der Waals surface area contributed by atoms with Crippen LogP contribution < -0.4 is 10.9 Å². The lowest BCUT2D eigenvalue weighted by atomic mass is 10.1. The summed E-state index contributed by atoms with van der Waals surface area (Å²) in [6.07, 6.45) is 2.35. The number of rotatable bonds is 8. The molecule has 2 amide bonds. The van der Waals surface area contributed by atoms with Crippen LogP contribution in [0.25, 0.3) is 0 Å². The van der Waals surface area contributed by atoms with Crippen LogP contribution in [0.3, 0.4) is 0 Å². The highest BCUT2D eigenvalue weighted by atomic mass is 79.9. The summed E-state index contributed by atoms with van der Waals surface area (Å²) in [5, 5.41) is 39.5. The van der Waals surface area contributed by atoms with Gasteiger partial charge in [-0.3, -0.25) is 29.8 Å². The molecule has 0 aliphatic heterocycles. The fourth-order valence-corrected chi connectivity index (χ4v) is 3.25. The second-order valence-electron chi connectivity index (χ2n) is 6.94. The monoisotopic (exact) mass is 554 g/mol. The maximum absolute atomic E-state index is 12.1. The van der Waals surface area contributed by atoms with Crippen molar-refractivity contribution in [3.05, 3.63) is 108 Å². The molecular formula is C22H15BrN6O7.